The standard InChI is InChI=1S/C17H18O/c1-3-18-13-15-10-6-4-5-9-14(2)16-11-7-8-12-17(15)16/h3-9,11-12,15H,1-2,10,13H2/b6-4-,9-5-. The molecule has 0 amide bonds. The highest BCUT2D eigenvalue weighted by atomic mass is 16.5. The van der Waals surface area contributed by atoms with E-state index in [2.05, 4.69) is 49.6 Å². The molecular weight excluding hydrogens is 220 g/mol. The van der Waals surface area contributed by atoms with Crippen molar-refractivity contribution in [1.82, 2.24) is 0 Å². The van der Waals surface area contributed by atoms with Gasteiger partial charge in [-0.25, -0.2) is 0 Å². The van der Waals surface area contributed by atoms with E-state index in [0.29, 0.717) is 12.5 Å². The molecule has 0 radical (unpaired) electrons. The minimum Gasteiger partial charge on any atom is -0.501 e. The quantitative estimate of drug-likeness (QED) is 0.706. The molecule has 0 bridgehead atoms. The van der Waals surface area contributed by atoms with Crippen molar-refractivity contribution < 1.29 is 4.74 Å². The molecule has 0 aromatic heterocycles. The van der Waals surface area contributed by atoms with E-state index in [1.54, 1.807) is 0 Å². The first-order valence-corrected chi connectivity index (χ1v) is 6.17. The van der Waals surface area contributed by atoms with Gasteiger partial charge >= 0.3 is 0 Å². The minimum atomic E-state index is 0.340. The summed E-state index contributed by atoms with van der Waals surface area (Å²) in [4.78, 5) is 0. The van der Waals surface area contributed by atoms with Crippen LogP contribution in [0.4, 0.5) is 0 Å². The van der Waals surface area contributed by atoms with Crippen molar-refractivity contribution in [1.29, 1.82) is 0 Å². The molecule has 92 valence electrons. The zero-order chi connectivity index (χ0) is 12.8. The van der Waals surface area contributed by atoms with E-state index in [1.165, 1.54) is 17.4 Å². The topological polar surface area (TPSA) is 9.23 Å². The van der Waals surface area contributed by atoms with Crippen LogP contribution >= 0.6 is 0 Å². The van der Waals surface area contributed by atoms with E-state index in [-0.39, 0.29) is 0 Å². The third kappa shape index (κ3) is 2.80. The number of benzene rings is 1. The fourth-order valence-corrected chi connectivity index (χ4v) is 2.20. The van der Waals surface area contributed by atoms with Crippen LogP contribution < -0.4 is 0 Å². The molecule has 1 nitrogen and oxygen atoms in total. The fraction of sp³-hybridized carbons (Fsp3) is 0.176. The van der Waals surface area contributed by atoms with Crippen LogP contribution in [0, 0.1) is 0 Å². The van der Waals surface area contributed by atoms with E-state index in [0.717, 1.165) is 12.0 Å². The first-order chi connectivity index (χ1) is 8.83. The first kappa shape index (κ1) is 12.4. The number of hydrogen-bond donors (Lipinski definition) is 0. The predicted molar refractivity (Wildman–Crippen MR) is 77.3 cm³/mol. The van der Waals surface area contributed by atoms with E-state index < -0.39 is 0 Å². The van der Waals surface area contributed by atoms with Crippen molar-refractivity contribution in [2.45, 2.75) is 12.3 Å². The molecule has 1 aliphatic carbocycles. The van der Waals surface area contributed by atoms with Crippen molar-refractivity contribution >= 4 is 5.57 Å². The third-order valence-electron chi connectivity index (χ3n) is 3.13. The summed E-state index contributed by atoms with van der Waals surface area (Å²) < 4.78 is 5.38. The summed E-state index contributed by atoms with van der Waals surface area (Å²) in [7, 11) is 0. The molecule has 0 heterocycles. The number of fused-ring (bicyclic) bond motifs is 1. The van der Waals surface area contributed by atoms with Crippen LogP contribution in [0.25, 0.3) is 5.57 Å². The monoisotopic (exact) mass is 238 g/mol. The van der Waals surface area contributed by atoms with Gasteiger partial charge in [0.15, 0.2) is 0 Å². The predicted octanol–water partition coefficient (Wildman–Crippen LogP) is 4.46. The van der Waals surface area contributed by atoms with Gasteiger partial charge in [-0.05, 0) is 23.1 Å². The smallest absolute Gasteiger partial charge is 0.0944 e. The average molecular weight is 238 g/mol. The van der Waals surface area contributed by atoms with Crippen LogP contribution in [-0.4, -0.2) is 6.61 Å². The summed E-state index contributed by atoms with van der Waals surface area (Å²) in [5.41, 5.74) is 3.54. The molecule has 0 saturated carbocycles. The van der Waals surface area contributed by atoms with E-state index in [1.807, 2.05) is 12.2 Å². The molecule has 0 spiro atoms. The van der Waals surface area contributed by atoms with Crippen LogP contribution in [-0.2, 0) is 4.74 Å². The van der Waals surface area contributed by atoms with Gasteiger partial charge in [-0.3, -0.25) is 0 Å². The van der Waals surface area contributed by atoms with Gasteiger partial charge in [-0.1, -0.05) is 61.7 Å². The summed E-state index contributed by atoms with van der Waals surface area (Å²) in [5, 5.41) is 0. The lowest BCUT2D eigenvalue weighted by molar-refractivity contribution is 0.227. The van der Waals surface area contributed by atoms with Gasteiger partial charge in [0.2, 0.25) is 0 Å². The average Bonchev–Trinajstić information content (AvgIpc) is 2.48. The van der Waals surface area contributed by atoms with E-state index >= 15 is 0 Å². The molecule has 18 heavy (non-hydrogen) atoms. The second-order valence-corrected chi connectivity index (χ2v) is 4.33. The Hall–Kier alpha value is -2.02. The largest absolute Gasteiger partial charge is 0.501 e. The minimum absolute atomic E-state index is 0.340. The molecule has 1 atom stereocenters. The van der Waals surface area contributed by atoms with Crippen LogP contribution in [0.3, 0.4) is 0 Å². The summed E-state index contributed by atoms with van der Waals surface area (Å²) in [5.74, 6) is 0.340. The Bertz CT molecular complexity index is 494. The molecule has 1 aromatic carbocycles. The van der Waals surface area contributed by atoms with Gasteiger partial charge in [0.1, 0.15) is 0 Å². The van der Waals surface area contributed by atoms with Crippen LogP contribution in [0.2, 0.25) is 0 Å². The van der Waals surface area contributed by atoms with Crippen molar-refractivity contribution in [3.8, 4) is 0 Å². The Morgan fingerprint density at radius 1 is 1.28 bits per heavy atom. The zero-order valence-electron chi connectivity index (χ0n) is 10.5. The van der Waals surface area contributed by atoms with Gasteiger partial charge in [-0.2, -0.15) is 0 Å². The maximum absolute atomic E-state index is 5.38. The lowest BCUT2D eigenvalue weighted by Crippen LogP contribution is -2.07. The Balaban J connectivity index is 2.40. The molecule has 0 N–H and O–H groups in total. The Labute approximate surface area is 109 Å². The Morgan fingerprint density at radius 2 is 2.11 bits per heavy atom. The van der Waals surface area contributed by atoms with Gasteiger partial charge in [0, 0.05) is 5.92 Å². The summed E-state index contributed by atoms with van der Waals surface area (Å²) in [6.07, 6.45) is 10.8. The molecule has 1 aromatic rings. The van der Waals surface area contributed by atoms with Gasteiger partial charge in [0.05, 0.1) is 12.9 Å². The second-order valence-electron chi connectivity index (χ2n) is 4.33. The van der Waals surface area contributed by atoms with Crippen molar-refractivity contribution in [3.63, 3.8) is 0 Å². The Morgan fingerprint density at radius 3 is 2.94 bits per heavy atom. The van der Waals surface area contributed by atoms with Gasteiger partial charge < -0.3 is 4.74 Å². The van der Waals surface area contributed by atoms with Crippen LogP contribution in [0.1, 0.15) is 23.5 Å². The fourth-order valence-electron chi connectivity index (χ4n) is 2.20. The van der Waals surface area contributed by atoms with Crippen LogP contribution in [0.5, 0.6) is 0 Å². The van der Waals surface area contributed by atoms with Crippen molar-refractivity contribution in [2.75, 3.05) is 6.61 Å². The molecule has 0 aliphatic heterocycles. The van der Waals surface area contributed by atoms with Crippen molar-refractivity contribution in [3.05, 3.63) is 79.1 Å². The van der Waals surface area contributed by atoms with Gasteiger partial charge in [0.25, 0.3) is 0 Å². The number of ether oxygens (including phenoxy) is 1. The number of allylic oxidation sites excluding steroid dienone is 5. The van der Waals surface area contributed by atoms with E-state index in [4.69, 9.17) is 4.74 Å². The second kappa shape index (κ2) is 6.06. The maximum Gasteiger partial charge on any atom is 0.0944 e. The molecule has 1 aliphatic rings. The maximum atomic E-state index is 5.38. The molecule has 0 fully saturated rings. The lowest BCUT2D eigenvalue weighted by Gasteiger charge is -2.18. The third-order valence-corrected chi connectivity index (χ3v) is 3.13. The summed E-state index contributed by atoms with van der Waals surface area (Å²) in [6, 6.07) is 8.39. The molecule has 1 unspecified atom stereocenters. The normalized spacial score (nSPS) is 22.0. The SMILES string of the molecule is C=COCC1C/C=C\C=C/C(=C)c2ccccc21. The summed E-state index contributed by atoms with van der Waals surface area (Å²) >= 11 is 0. The van der Waals surface area contributed by atoms with Crippen molar-refractivity contribution in [2.24, 2.45) is 0 Å². The number of rotatable bonds is 3. The number of hydrogen-bond acceptors (Lipinski definition) is 1. The highest BCUT2D eigenvalue weighted by molar-refractivity contribution is 5.75. The highest BCUT2D eigenvalue weighted by Crippen LogP contribution is 2.29. The first-order valence-electron chi connectivity index (χ1n) is 6.17. The molecule has 1 heteroatoms. The zero-order valence-corrected chi connectivity index (χ0v) is 10.5. The Kier molecular flexibility index (Phi) is 4.19. The summed E-state index contributed by atoms with van der Waals surface area (Å²) in [6.45, 7) is 8.39. The lowest BCUT2D eigenvalue weighted by atomic mass is 9.89. The molecular formula is C17H18O. The van der Waals surface area contributed by atoms with Gasteiger partial charge in [-0.15, -0.1) is 0 Å². The molecule has 2 rings (SSSR count). The van der Waals surface area contributed by atoms with Crippen LogP contribution in [0.15, 0.2) is 68.0 Å². The molecule has 0 saturated heterocycles. The highest BCUT2D eigenvalue weighted by Gasteiger charge is 2.15. The van der Waals surface area contributed by atoms with E-state index in [9.17, 15) is 0 Å².